The van der Waals surface area contributed by atoms with Crippen LogP contribution in [-0.4, -0.2) is 38.7 Å². The average molecular weight is 433 g/mol. The Bertz CT molecular complexity index is 996. The van der Waals surface area contributed by atoms with Gasteiger partial charge in [-0.2, -0.15) is 0 Å². The molecule has 134 valence electrons. The van der Waals surface area contributed by atoms with E-state index >= 15 is 0 Å². The van der Waals surface area contributed by atoms with E-state index in [9.17, 15) is 9.59 Å². The summed E-state index contributed by atoms with van der Waals surface area (Å²) in [5.41, 5.74) is 7.12. The lowest BCUT2D eigenvalue weighted by Crippen LogP contribution is -2.37. The van der Waals surface area contributed by atoms with Gasteiger partial charge in [-0.3, -0.25) is 14.0 Å². The molecule has 26 heavy (non-hydrogen) atoms. The molecule has 0 radical (unpaired) electrons. The number of primary amides is 1. The van der Waals surface area contributed by atoms with E-state index in [1.165, 1.54) is 11.3 Å². The number of likely N-dealkylation sites (tertiary alicyclic amines) is 1. The first kappa shape index (κ1) is 17.2. The second kappa shape index (κ2) is 6.85. The Morgan fingerprint density at radius 2 is 2.15 bits per heavy atom. The number of pyridine rings is 1. The fourth-order valence-corrected chi connectivity index (χ4v) is 4.72. The Balaban J connectivity index is 1.62. The fourth-order valence-electron chi connectivity index (χ4n) is 3.42. The van der Waals surface area contributed by atoms with Gasteiger partial charge >= 0.3 is 0 Å². The average Bonchev–Trinajstić information content (AvgIpc) is 3.32. The summed E-state index contributed by atoms with van der Waals surface area (Å²) in [6.45, 7) is 0.673. The molecule has 0 saturated carbocycles. The van der Waals surface area contributed by atoms with Gasteiger partial charge in [0, 0.05) is 29.7 Å². The second-order valence-corrected chi connectivity index (χ2v) is 8.35. The normalized spacial score (nSPS) is 17.1. The zero-order valence-electron chi connectivity index (χ0n) is 13.9. The molecule has 0 bridgehead atoms. The van der Waals surface area contributed by atoms with Gasteiger partial charge in [-0.05, 0) is 53.0 Å². The van der Waals surface area contributed by atoms with Gasteiger partial charge in [-0.1, -0.05) is 0 Å². The van der Waals surface area contributed by atoms with Crippen LogP contribution in [0.1, 0.15) is 28.9 Å². The fraction of sp³-hybridized carbons (Fsp3) is 0.278. The summed E-state index contributed by atoms with van der Waals surface area (Å²) >= 11 is 4.92. The van der Waals surface area contributed by atoms with E-state index in [1.807, 2.05) is 41.1 Å². The van der Waals surface area contributed by atoms with E-state index in [1.54, 1.807) is 4.90 Å². The highest BCUT2D eigenvalue weighted by Gasteiger charge is 2.31. The molecule has 1 atom stereocenters. The Labute approximate surface area is 162 Å². The Morgan fingerprint density at radius 1 is 1.31 bits per heavy atom. The van der Waals surface area contributed by atoms with Crippen LogP contribution in [0.4, 0.5) is 0 Å². The SMILES string of the molecule is NC(=O)C[C@@H]1CCCN1C(=O)c1ccc(-c2cnc3ccc(Br)cn23)s1. The lowest BCUT2D eigenvalue weighted by molar-refractivity contribution is -0.118. The highest BCUT2D eigenvalue weighted by atomic mass is 79.9. The number of aromatic nitrogens is 2. The molecule has 0 spiro atoms. The molecule has 0 aliphatic carbocycles. The number of carbonyl (C=O) groups excluding carboxylic acids is 2. The molecule has 2 amide bonds. The standard InChI is InChI=1S/C18H17BrN4O2S/c19-11-3-6-17-21-9-13(23(17)10-11)14-4-5-15(26-14)18(25)22-7-1-2-12(22)8-16(20)24/h3-6,9-10,12H,1-2,7-8H2,(H2,20,24)/t12-/m0/s1. The molecule has 1 aliphatic heterocycles. The van der Waals surface area contributed by atoms with Crippen molar-refractivity contribution in [3.8, 4) is 10.6 Å². The molecule has 8 heteroatoms. The summed E-state index contributed by atoms with van der Waals surface area (Å²) in [6, 6.07) is 7.59. The molecule has 0 unspecified atom stereocenters. The summed E-state index contributed by atoms with van der Waals surface area (Å²) in [7, 11) is 0. The molecule has 1 saturated heterocycles. The first-order chi connectivity index (χ1) is 12.5. The van der Waals surface area contributed by atoms with Crippen LogP contribution in [0.15, 0.2) is 41.1 Å². The van der Waals surface area contributed by atoms with Crippen LogP contribution in [0.3, 0.4) is 0 Å². The molecular weight excluding hydrogens is 416 g/mol. The van der Waals surface area contributed by atoms with Crippen molar-refractivity contribution in [2.24, 2.45) is 5.73 Å². The van der Waals surface area contributed by atoms with Gasteiger partial charge in [0.1, 0.15) is 5.65 Å². The quantitative estimate of drug-likeness (QED) is 0.686. The number of hydrogen-bond donors (Lipinski definition) is 1. The van der Waals surface area contributed by atoms with Crippen molar-refractivity contribution in [3.63, 3.8) is 0 Å². The molecular formula is C18H17BrN4O2S. The monoisotopic (exact) mass is 432 g/mol. The van der Waals surface area contributed by atoms with Gasteiger partial charge in [0.05, 0.1) is 21.6 Å². The highest BCUT2D eigenvalue weighted by Crippen LogP contribution is 2.32. The van der Waals surface area contributed by atoms with Crippen LogP contribution in [0, 0.1) is 0 Å². The van der Waals surface area contributed by atoms with Crippen molar-refractivity contribution in [3.05, 3.63) is 46.0 Å². The van der Waals surface area contributed by atoms with Crippen molar-refractivity contribution in [1.29, 1.82) is 0 Å². The molecule has 0 aromatic carbocycles. The van der Waals surface area contributed by atoms with E-state index in [2.05, 4.69) is 20.9 Å². The van der Waals surface area contributed by atoms with E-state index in [0.717, 1.165) is 33.5 Å². The highest BCUT2D eigenvalue weighted by molar-refractivity contribution is 9.10. The summed E-state index contributed by atoms with van der Waals surface area (Å²) in [5, 5.41) is 0. The molecule has 3 aromatic heterocycles. The maximum Gasteiger partial charge on any atom is 0.264 e. The van der Waals surface area contributed by atoms with Crippen LogP contribution in [0.25, 0.3) is 16.2 Å². The van der Waals surface area contributed by atoms with Crippen molar-refractivity contribution >= 4 is 44.7 Å². The van der Waals surface area contributed by atoms with Gasteiger partial charge < -0.3 is 10.6 Å². The topological polar surface area (TPSA) is 80.7 Å². The number of imidazole rings is 1. The largest absolute Gasteiger partial charge is 0.370 e. The molecule has 3 aromatic rings. The lowest BCUT2D eigenvalue weighted by atomic mass is 10.1. The van der Waals surface area contributed by atoms with Gasteiger partial charge in [0.2, 0.25) is 5.91 Å². The van der Waals surface area contributed by atoms with Gasteiger partial charge in [0.15, 0.2) is 0 Å². The first-order valence-electron chi connectivity index (χ1n) is 8.35. The minimum absolute atomic E-state index is 0.0278. The number of nitrogens with two attached hydrogens (primary N) is 1. The van der Waals surface area contributed by atoms with E-state index in [0.29, 0.717) is 11.4 Å². The van der Waals surface area contributed by atoms with Crippen molar-refractivity contribution in [2.75, 3.05) is 6.54 Å². The predicted octanol–water partition coefficient (Wildman–Crippen LogP) is 3.31. The first-order valence-corrected chi connectivity index (χ1v) is 9.96. The van der Waals surface area contributed by atoms with Crippen LogP contribution in [0.2, 0.25) is 0 Å². The van der Waals surface area contributed by atoms with Crippen molar-refractivity contribution in [2.45, 2.75) is 25.3 Å². The molecule has 2 N–H and O–H groups in total. The zero-order valence-corrected chi connectivity index (χ0v) is 16.3. The second-order valence-electron chi connectivity index (χ2n) is 6.35. The third-order valence-corrected chi connectivity index (χ3v) is 6.18. The number of thiophene rings is 1. The van der Waals surface area contributed by atoms with Gasteiger partial charge in [-0.15, -0.1) is 11.3 Å². The summed E-state index contributed by atoms with van der Waals surface area (Å²) in [4.78, 5) is 32.0. The summed E-state index contributed by atoms with van der Waals surface area (Å²) in [5.74, 6) is -0.391. The lowest BCUT2D eigenvalue weighted by Gasteiger charge is -2.23. The Hall–Kier alpha value is -2.19. The Kier molecular flexibility index (Phi) is 4.54. The maximum atomic E-state index is 12.9. The van der Waals surface area contributed by atoms with Crippen molar-refractivity contribution < 1.29 is 9.59 Å². The van der Waals surface area contributed by atoms with E-state index < -0.39 is 0 Å². The molecule has 4 rings (SSSR count). The summed E-state index contributed by atoms with van der Waals surface area (Å²) < 4.78 is 2.96. The third-order valence-electron chi connectivity index (χ3n) is 4.61. The molecule has 4 heterocycles. The minimum atomic E-state index is -0.363. The molecule has 1 fully saturated rings. The number of fused-ring (bicyclic) bond motifs is 1. The number of rotatable bonds is 4. The van der Waals surface area contributed by atoms with E-state index in [-0.39, 0.29) is 24.3 Å². The van der Waals surface area contributed by atoms with Crippen molar-refractivity contribution in [1.82, 2.24) is 14.3 Å². The molecule has 6 nitrogen and oxygen atoms in total. The van der Waals surface area contributed by atoms with Crippen LogP contribution in [0.5, 0.6) is 0 Å². The van der Waals surface area contributed by atoms with Gasteiger partial charge in [-0.25, -0.2) is 4.98 Å². The van der Waals surface area contributed by atoms with Crippen LogP contribution in [-0.2, 0) is 4.79 Å². The smallest absolute Gasteiger partial charge is 0.264 e. The number of hydrogen-bond acceptors (Lipinski definition) is 4. The number of amides is 2. The van der Waals surface area contributed by atoms with Crippen LogP contribution >= 0.6 is 27.3 Å². The third kappa shape index (κ3) is 3.14. The van der Waals surface area contributed by atoms with Crippen LogP contribution < -0.4 is 5.73 Å². The predicted molar refractivity (Wildman–Crippen MR) is 104 cm³/mol. The zero-order chi connectivity index (χ0) is 18.3. The maximum absolute atomic E-state index is 12.9. The van der Waals surface area contributed by atoms with E-state index in [4.69, 9.17) is 5.73 Å². The molecule has 1 aliphatic rings. The minimum Gasteiger partial charge on any atom is -0.370 e. The Morgan fingerprint density at radius 3 is 2.96 bits per heavy atom. The number of halogens is 1. The number of nitrogens with zero attached hydrogens (tertiary/aromatic N) is 3. The van der Waals surface area contributed by atoms with Gasteiger partial charge in [0.25, 0.3) is 5.91 Å². The summed E-state index contributed by atoms with van der Waals surface area (Å²) in [6.07, 6.45) is 5.73. The number of carbonyl (C=O) groups is 2.